The van der Waals surface area contributed by atoms with Crippen molar-refractivity contribution in [2.24, 2.45) is 5.92 Å². The summed E-state index contributed by atoms with van der Waals surface area (Å²) in [7, 11) is -3.58. The molecular formula is C22H23FN4O4S. The van der Waals surface area contributed by atoms with E-state index in [4.69, 9.17) is 4.42 Å². The highest BCUT2D eigenvalue weighted by Crippen LogP contribution is 2.25. The lowest BCUT2D eigenvalue weighted by Gasteiger charge is -2.30. The molecule has 32 heavy (non-hydrogen) atoms. The Morgan fingerprint density at radius 2 is 1.75 bits per heavy atom. The minimum atomic E-state index is -3.58. The van der Waals surface area contributed by atoms with Gasteiger partial charge in [0.15, 0.2) is 0 Å². The fourth-order valence-electron chi connectivity index (χ4n) is 3.58. The van der Waals surface area contributed by atoms with Gasteiger partial charge in [-0.1, -0.05) is 34.9 Å². The molecule has 8 nitrogen and oxygen atoms in total. The highest BCUT2D eigenvalue weighted by molar-refractivity contribution is 7.89. The van der Waals surface area contributed by atoms with Crippen LogP contribution in [0.15, 0.2) is 57.8 Å². The molecule has 1 amide bonds. The third-order valence-corrected chi connectivity index (χ3v) is 7.36. The molecule has 168 valence electrons. The van der Waals surface area contributed by atoms with Gasteiger partial charge in [-0.15, -0.1) is 5.10 Å². The number of benzene rings is 2. The Morgan fingerprint density at radius 1 is 1.09 bits per heavy atom. The first-order valence-electron chi connectivity index (χ1n) is 10.3. The molecule has 1 aromatic heterocycles. The molecule has 0 unspecified atom stereocenters. The van der Waals surface area contributed by atoms with Crippen LogP contribution in [0.3, 0.4) is 0 Å². The van der Waals surface area contributed by atoms with E-state index in [0.29, 0.717) is 25.2 Å². The summed E-state index contributed by atoms with van der Waals surface area (Å²) in [6.45, 7) is 2.41. The molecule has 2 aromatic carbocycles. The molecule has 3 aromatic rings. The van der Waals surface area contributed by atoms with Gasteiger partial charge in [0.1, 0.15) is 5.82 Å². The first-order valence-corrected chi connectivity index (χ1v) is 11.7. The molecule has 4 rings (SSSR count). The second-order valence-corrected chi connectivity index (χ2v) is 9.72. The number of anilines is 1. The van der Waals surface area contributed by atoms with Crippen molar-refractivity contribution < 1.29 is 22.0 Å². The van der Waals surface area contributed by atoms with Gasteiger partial charge in [0.2, 0.25) is 21.8 Å². The smallest absolute Gasteiger partial charge is 0.322 e. The number of aryl methyl sites for hydroxylation is 1. The molecule has 1 aliphatic heterocycles. The van der Waals surface area contributed by atoms with Gasteiger partial charge >= 0.3 is 6.01 Å². The first-order chi connectivity index (χ1) is 15.3. The molecule has 1 saturated heterocycles. The SMILES string of the molecule is Cc1ccc(S(=O)(=O)N2CCC(C(=O)Nc3nnc(Cc4ccc(F)cc4)o3)CC2)cc1. The molecule has 0 bridgehead atoms. The van der Waals surface area contributed by atoms with Crippen LogP contribution < -0.4 is 5.32 Å². The third kappa shape index (κ3) is 5.03. The van der Waals surface area contributed by atoms with Crippen LogP contribution in [0.1, 0.15) is 29.9 Å². The zero-order chi connectivity index (χ0) is 22.7. The van der Waals surface area contributed by atoms with E-state index < -0.39 is 10.0 Å². The summed E-state index contributed by atoms with van der Waals surface area (Å²) in [6.07, 6.45) is 1.11. The van der Waals surface area contributed by atoms with Gasteiger partial charge in [-0.25, -0.2) is 12.8 Å². The molecule has 1 N–H and O–H groups in total. The van der Waals surface area contributed by atoms with E-state index in [1.807, 2.05) is 6.92 Å². The number of hydrogen-bond donors (Lipinski definition) is 1. The zero-order valence-electron chi connectivity index (χ0n) is 17.5. The molecule has 2 heterocycles. The summed E-state index contributed by atoms with van der Waals surface area (Å²) in [5.74, 6) is -0.669. The van der Waals surface area contributed by atoms with E-state index in [2.05, 4.69) is 15.5 Å². The number of carbonyl (C=O) groups excluding carboxylic acids is 1. The largest absolute Gasteiger partial charge is 0.407 e. The monoisotopic (exact) mass is 458 g/mol. The number of halogens is 1. The number of hydrogen-bond acceptors (Lipinski definition) is 6. The van der Waals surface area contributed by atoms with Crippen molar-refractivity contribution in [3.63, 3.8) is 0 Å². The van der Waals surface area contributed by atoms with Gasteiger partial charge < -0.3 is 4.42 Å². The molecule has 0 atom stereocenters. The minimum Gasteiger partial charge on any atom is -0.407 e. The van der Waals surface area contributed by atoms with Crippen LogP contribution in [0.5, 0.6) is 0 Å². The third-order valence-electron chi connectivity index (χ3n) is 5.45. The molecule has 0 aliphatic carbocycles. The maximum absolute atomic E-state index is 13.0. The van der Waals surface area contributed by atoms with Crippen LogP contribution in [-0.2, 0) is 21.2 Å². The second kappa shape index (κ2) is 9.17. The van der Waals surface area contributed by atoms with E-state index in [1.54, 1.807) is 36.4 Å². The maximum atomic E-state index is 13.0. The van der Waals surface area contributed by atoms with E-state index in [-0.39, 0.29) is 41.6 Å². The highest BCUT2D eigenvalue weighted by Gasteiger charge is 2.32. The van der Waals surface area contributed by atoms with Crippen molar-refractivity contribution in [2.45, 2.75) is 31.1 Å². The predicted molar refractivity (Wildman–Crippen MR) is 115 cm³/mol. The summed E-state index contributed by atoms with van der Waals surface area (Å²) in [6, 6.07) is 12.7. The summed E-state index contributed by atoms with van der Waals surface area (Å²) < 4.78 is 45.5. The Kier molecular flexibility index (Phi) is 6.33. The molecule has 0 saturated carbocycles. The summed E-state index contributed by atoms with van der Waals surface area (Å²) in [4.78, 5) is 12.8. The van der Waals surface area contributed by atoms with Crippen LogP contribution >= 0.6 is 0 Å². The highest BCUT2D eigenvalue weighted by atomic mass is 32.2. The summed E-state index contributed by atoms with van der Waals surface area (Å²) in [5, 5.41) is 10.4. The van der Waals surface area contributed by atoms with E-state index in [0.717, 1.165) is 11.1 Å². The Bertz CT molecular complexity index is 1190. The fraction of sp³-hybridized carbons (Fsp3) is 0.318. The van der Waals surface area contributed by atoms with Gasteiger partial charge in [0.25, 0.3) is 0 Å². The van der Waals surface area contributed by atoms with Crippen molar-refractivity contribution >= 4 is 21.9 Å². The van der Waals surface area contributed by atoms with Gasteiger partial charge in [0.05, 0.1) is 11.3 Å². The number of piperidine rings is 1. The number of rotatable bonds is 6. The quantitative estimate of drug-likeness (QED) is 0.608. The van der Waals surface area contributed by atoms with Crippen LogP contribution in [0.2, 0.25) is 0 Å². The Morgan fingerprint density at radius 3 is 2.41 bits per heavy atom. The number of carbonyl (C=O) groups is 1. The molecule has 1 aliphatic rings. The van der Waals surface area contributed by atoms with Gasteiger partial charge in [-0.3, -0.25) is 10.1 Å². The van der Waals surface area contributed by atoms with Crippen molar-refractivity contribution in [1.29, 1.82) is 0 Å². The fourth-order valence-corrected chi connectivity index (χ4v) is 5.05. The standard InChI is InChI=1S/C22H23FN4O4S/c1-15-2-8-19(9-3-15)32(29,30)27-12-10-17(11-13-27)21(28)24-22-26-25-20(31-22)14-16-4-6-18(23)7-5-16/h2-9,17H,10-14H2,1H3,(H,24,26,28). The average Bonchev–Trinajstić information content (AvgIpc) is 3.22. The molecule has 1 fully saturated rings. The summed E-state index contributed by atoms with van der Waals surface area (Å²) >= 11 is 0. The average molecular weight is 459 g/mol. The Labute approximate surface area is 185 Å². The minimum absolute atomic E-state index is 0.0122. The first kappa shape index (κ1) is 22.1. The summed E-state index contributed by atoms with van der Waals surface area (Å²) in [5.41, 5.74) is 1.79. The van der Waals surface area contributed by atoms with E-state index >= 15 is 0 Å². The van der Waals surface area contributed by atoms with Crippen LogP contribution in [-0.4, -0.2) is 41.9 Å². The predicted octanol–water partition coefficient (Wildman–Crippen LogP) is 3.15. The number of nitrogens with one attached hydrogen (secondary N) is 1. The molecular weight excluding hydrogens is 435 g/mol. The lowest BCUT2D eigenvalue weighted by molar-refractivity contribution is -0.121. The molecule has 0 radical (unpaired) electrons. The lowest BCUT2D eigenvalue weighted by Crippen LogP contribution is -2.41. The topological polar surface area (TPSA) is 105 Å². The Hall–Kier alpha value is -3.11. The van der Waals surface area contributed by atoms with Crippen LogP contribution in [0.25, 0.3) is 0 Å². The molecule has 0 spiro atoms. The number of aromatic nitrogens is 2. The van der Waals surface area contributed by atoms with Crippen molar-refractivity contribution in [3.8, 4) is 0 Å². The van der Waals surface area contributed by atoms with E-state index in [9.17, 15) is 17.6 Å². The lowest BCUT2D eigenvalue weighted by atomic mass is 9.97. The maximum Gasteiger partial charge on any atom is 0.322 e. The van der Waals surface area contributed by atoms with Crippen LogP contribution in [0, 0.1) is 18.7 Å². The normalized spacial score (nSPS) is 15.6. The van der Waals surface area contributed by atoms with Crippen molar-refractivity contribution in [2.75, 3.05) is 18.4 Å². The van der Waals surface area contributed by atoms with Crippen LogP contribution in [0.4, 0.5) is 10.4 Å². The van der Waals surface area contributed by atoms with Gasteiger partial charge in [-0.05, 0) is 49.6 Å². The van der Waals surface area contributed by atoms with Crippen molar-refractivity contribution in [1.82, 2.24) is 14.5 Å². The zero-order valence-corrected chi connectivity index (χ0v) is 18.3. The number of sulfonamides is 1. The number of nitrogens with zero attached hydrogens (tertiary/aromatic N) is 3. The van der Waals surface area contributed by atoms with Gasteiger partial charge in [-0.2, -0.15) is 4.31 Å². The Balaban J connectivity index is 1.31. The number of amides is 1. The van der Waals surface area contributed by atoms with Crippen molar-refractivity contribution in [3.05, 3.63) is 71.4 Å². The molecule has 10 heteroatoms. The van der Waals surface area contributed by atoms with Gasteiger partial charge in [0, 0.05) is 19.0 Å². The van der Waals surface area contributed by atoms with E-state index in [1.165, 1.54) is 16.4 Å². The second-order valence-electron chi connectivity index (χ2n) is 7.78.